The molecule has 3 heterocycles. The average Bonchev–Trinajstić information content (AvgIpc) is 3.48. The summed E-state index contributed by atoms with van der Waals surface area (Å²) >= 11 is 5.89. The molecular formula is C31H31N5O4S. The maximum absolute atomic E-state index is 12.0. The fourth-order valence-corrected chi connectivity index (χ4v) is 5.68. The first kappa shape index (κ1) is 28.0. The number of benzene rings is 2. The Kier molecular flexibility index (Phi) is 8.14. The zero-order valence-corrected chi connectivity index (χ0v) is 24.1. The highest BCUT2D eigenvalue weighted by Gasteiger charge is 2.42. The smallest absolute Gasteiger partial charge is 0.337 e. The van der Waals surface area contributed by atoms with Crippen molar-refractivity contribution in [1.82, 2.24) is 14.9 Å². The normalized spacial score (nSPS) is 16.4. The van der Waals surface area contributed by atoms with E-state index in [4.69, 9.17) is 21.7 Å². The van der Waals surface area contributed by atoms with E-state index in [1.54, 1.807) is 18.3 Å². The van der Waals surface area contributed by atoms with Gasteiger partial charge in [0.15, 0.2) is 5.11 Å². The van der Waals surface area contributed by atoms with Crippen molar-refractivity contribution in [3.63, 3.8) is 0 Å². The van der Waals surface area contributed by atoms with Crippen molar-refractivity contribution in [2.75, 3.05) is 31.0 Å². The molecule has 2 aromatic heterocycles. The van der Waals surface area contributed by atoms with Crippen LogP contribution in [0.5, 0.6) is 0 Å². The fourth-order valence-electron chi connectivity index (χ4n) is 5.33. The van der Waals surface area contributed by atoms with Crippen molar-refractivity contribution in [3.8, 4) is 5.69 Å². The van der Waals surface area contributed by atoms with Crippen molar-refractivity contribution in [2.45, 2.75) is 25.9 Å². The average molecular weight is 570 g/mol. The molecule has 1 fully saturated rings. The van der Waals surface area contributed by atoms with Gasteiger partial charge in [0.05, 0.1) is 30.5 Å². The van der Waals surface area contributed by atoms with Crippen LogP contribution in [0.15, 0.2) is 79.0 Å². The quantitative estimate of drug-likeness (QED) is 0.225. The summed E-state index contributed by atoms with van der Waals surface area (Å²) in [6.45, 7) is 4.12. The van der Waals surface area contributed by atoms with Gasteiger partial charge in [-0.25, -0.2) is 4.79 Å². The number of thiocarbonyl (C=S) groups is 1. The van der Waals surface area contributed by atoms with Crippen molar-refractivity contribution in [1.29, 1.82) is 0 Å². The Balaban J connectivity index is 1.56. The summed E-state index contributed by atoms with van der Waals surface area (Å²) in [4.78, 5) is 30.7. The molecule has 5 rings (SSSR count). The molecule has 9 nitrogen and oxygen atoms in total. The van der Waals surface area contributed by atoms with Crippen LogP contribution in [0, 0.1) is 13.8 Å². The molecule has 0 radical (unpaired) electrons. The SMILES string of the molecule is COCC(=O)Nc1ccc(N2C(=S)NC(c3ccccn3)C2c2cc(C)n(-c3ccc(C(=O)OC)cc3)c2C)cc1. The lowest BCUT2D eigenvalue weighted by molar-refractivity contribution is -0.119. The first-order valence-electron chi connectivity index (χ1n) is 13.1. The maximum Gasteiger partial charge on any atom is 0.337 e. The van der Waals surface area contributed by atoms with Crippen molar-refractivity contribution < 1.29 is 19.1 Å². The van der Waals surface area contributed by atoms with Gasteiger partial charge in [-0.15, -0.1) is 0 Å². The number of aromatic nitrogens is 2. The number of hydrogen-bond acceptors (Lipinski definition) is 6. The second-order valence-electron chi connectivity index (χ2n) is 9.73. The highest BCUT2D eigenvalue weighted by molar-refractivity contribution is 7.80. The number of amides is 1. The van der Waals surface area contributed by atoms with Crippen LogP contribution in [0.1, 0.15) is 45.1 Å². The molecule has 1 saturated heterocycles. The number of hydrogen-bond donors (Lipinski definition) is 2. The van der Waals surface area contributed by atoms with Crippen LogP contribution in [0.3, 0.4) is 0 Å². The van der Waals surface area contributed by atoms with E-state index in [2.05, 4.69) is 45.0 Å². The molecule has 4 aromatic rings. The first-order chi connectivity index (χ1) is 19.8. The number of nitrogens with one attached hydrogen (secondary N) is 2. The van der Waals surface area contributed by atoms with Gasteiger partial charge < -0.3 is 29.6 Å². The predicted octanol–water partition coefficient (Wildman–Crippen LogP) is 5.04. The molecule has 0 spiro atoms. The second kappa shape index (κ2) is 11.9. The third-order valence-electron chi connectivity index (χ3n) is 7.14. The standard InChI is InChI=1S/C31H31N5O4S/c1-19-17-25(20(2)35(19)23-12-8-21(9-13-23)30(38)40-4)29-28(26-7-5-6-16-32-26)34-31(41)36(29)24-14-10-22(11-15-24)33-27(37)18-39-3/h5-17,28-29H,18H2,1-4H3,(H,33,37)(H,34,41). The largest absolute Gasteiger partial charge is 0.465 e. The number of ether oxygens (including phenoxy) is 2. The molecule has 10 heteroatoms. The number of nitrogens with zero attached hydrogens (tertiary/aromatic N) is 3. The number of pyridine rings is 1. The van der Waals surface area contributed by atoms with Crippen LogP contribution in [0.4, 0.5) is 11.4 Å². The second-order valence-corrected chi connectivity index (χ2v) is 10.1. The summed E-state index contributed by atoms with van der Waals surface area (Å²) in [6, 6.07) is 22.6. The number of esters is 1. The maximum atomic E-state index is 12.0. The summed E-state index contributed by atoms with van der Waals surface area (Å²) in [6.07, 6.45) is 1.78. The molecule has 2 atom stereocenters. The van der Waals surface area contributed by atoms with E-state index < -0.39 is 0 Å². The van der Waals surface area contributed by atoms with Crippen molar-refractivity contribution >= 4 is 40.6 Å². The fraction of sp³-hybridized carbons (Fsp3) is 0.226. The lowest BCUT2D eigenvalue weighted by atomic mass is 9.96. The first-order valence-corrected chi connectivity index (χ1v) is 13.5. The molecule has 0 bridgehead atoms. The molecule has 1 aliphatic rings. The van der Waals surface area contributed by atoms with E-state index in [1.165, 1.54) is 14.2 Å². The van der Waals surface area contributed by atoms with E-state index in [1.807, 2.05) is 54.6 Å². The lowest BCUT2D eigenvalue weighted by Crippen LogP contribution is -2.29. The summed E-state index contributed by atoms with van der Waals surface area (Å²) in [7, 11) is 2.86. The van der Waals surface area contributed by atoms with E-state index in [9.17, 15) is 9.59 Å². The number of carbonyl (C=O) groups excluding carboxylic acids is 2. The summed E-state index contributed by atoms with van der Waals surface area (Å²) in [5, 5.41) is 6.91. The highest BCUT2D eigenvalue weighted by atomic mass is 32.1. The predicted molar refractivity (Wildman–Crippen MR) is 161 cm³/mol. The number of methoxy groups -OCH3 is 2. The Morgan fingerprint density at radius 1 is 1.00 bits per heavy atom. The van der Waals surface area contributed by atoms with Crippen LogP contribution in [-0.4, -0.2) is 47.4 Å². The van der Waals surface area contributed by atoms with Gasteiger partial charge in [0.2, 0.25) is 5.91 Å². The van der Waals surface area contributed by atoms with Crippen LogP contribution in [0.25, 0.3) is 5.69 Å². The molecule has 2 N–H and O–H groups in total. The van der Waals surface area contributed by atoms with Crippen LogP contribution >= 0.6 is 12.2 Å². The molecule has 1 amide bonds. The van der Waals surface area contributed by atoms with Gasteiger partial charge in [-0.2, -0.15) is 0 Å². The zero-order valence-electron chi connectivity index (χ0n) is 23.3. The van der Waals surface area contributed by atoms with Gasteiger partial charge in [-0.3, -0.25) is 9.78 Å². The number of aryl methyl sites for hydroxylation is 1. The Hall–Kier alpha value is -4.54. The van der Waals surface area contributed by atoms with Crippen LogP contribution < -0.4 is 15.5 Å². The molecule has 41 heavy (non-hydrogen) atoms. The Bertz CT molecular complexity index is 1570. The van der Waals surface area contributed by atoms with E-state index in [-0.39, 0.29) is 30.6 Å². The number of rotatable bonds is 8. The molecule has 0 aliphatic carbocycles. The molecule has 1 aliphatic heterocycles. The van der Waals surface area contributed by atoms with Crippen molar-refractivity contribution in [3.05, 3.63) is 107 Å². The number of carbonyl (C=O) groups is 2. The van der Waals surface area contributed by atoms with E-state index in [0.717, 1.165) is 34.0 Å². The third kappa shape index (κ3) is 5.57. The minimum atomic E-state index is -0.373. The van der Waals surface area contributed by atoms with Gasteiger partial charge in [0.25, 0.3) is 0 Å². The lowest BCUT2D eigenvalue weighted by Gasteiger charge is -2.28. The van der Waals surface area contributed by atoms with Gasteiger partial charge >= 0.3 is 5.97 Å². The van der Waals surface area contributed by atoms with Gasteiger partial charge in [-0.05, 0) is 98.4 Å². The topological polar surface area (TPSA) is 97.7 Å². The summed E-state index contributed by atoms with van der Waals surface area (Å²) in [5.41, 5.74) is 7.01. The van der Waals surface area contributed by atoms with Crippen LogP contribution in [0.2, 0.25) is 0 Å². The number of anilines is 2. The molecular weight excluding hydrogens is 538 g/mol. The van der Waals surface area contributed by atoms with E-state index >= 15 is 0 Å². The van der Waals surface area contributed by atoms with Crippen LogP contribution in [-0.2, 0) is 14.3 Å². The van der Waals surface area contributed by atoms with Gasteiger partial charge in [0, 0.05) is 41.8 Å². The molecule has 2 unspecified atom stereocenters. The Morgan fingerprint density at radius 3 is 2.34 bits per heavy atom. The molecule has 2 aromatic carbocycles. The van der Waals surface area contributed by atoms with Gasteiger partial charge in [-0.1, -0.05) is 6.07 Å². The van der Waals surface area contributed by atoms with Crippen molar-refractivity contribution in [2.24, 2.45) is 0 Å². The Morgan fingerprint density at radius 2 is 1.71 bits per heavy atom. The monoisotopic (exact) mass is 569 g/mol. The Labute approximate surface area is 244 Å². The highest BCUT2D eigenvalue weighted by Crippen LogP contribution is 2.44. The zero-order chi connectivity index (χ0) is 29.1. The molecule has 0 saturated carbocycles. The minimum Gasteiger partial charge on any atom is -0.465 e. The third-order valence-corrected chi connectivity index (χ3v) is 7.45. The summed E-state index contributed by atoms with van der Waals surface area (Å²) < 4.78 is 11.9. The van der Waals surface area contributed by atoms with E-state index in [0.29, 0.717) is 16.4 Å². The van der Waals surface area contributed by atoms with Gasteiger partial charge in [0.1, 0.15) is 6.61 Å². The molecule has 210 valence electrons. The summed E-state index contributed by atoms with van der Waals surface area (Å²) in [5.74, 6) is -0.597. The minimum absolute atomic E-state index is 0.0171.